The van der Waals surface area contributed by atoms with Crippen molar-refractivity contribution in [2.75, 3.05) is 14.2 Å². The number of esters is 1. The lowest BCUT2D eigenvalue weighted by Crippen LogP contribution is -2.07. The summed E-state index contributed by atoms with van der Waals surface area (Å²) in [6.07, 6.45) is 0. The second kappa shape index (κ2) is 9.13. The summed E-state index contributed by atoms with van der Waals surface area (Å²) < 4.78 is 21.7. The monoisotopic (exact) mass is 416 g/mol. The predicted molar refractivity (Wildman–Crippen MR) is 115 cm³/mol. The Labute approximate surface area is 179 Å². The van der Waals surface area contributed by atoms with Crippen LogP contribution in [0.15, 0.2) is 72.8 Å². The van der Waals surface area contributed by atoms with Crippen LogP contribution >= 0.6 is 0 Å². The summed E-state index contributed by atoms with van der Waals surface area (Å²) in [6.45, 7) is 0.0271. The van der Waals surface area contributed by atoms with Gasteiger partial charge in [0, 0.05) is 5.56 Å². The lowest BCUT2D eigenvalue weighted by molar-refractivity contribution is 0.0473. The Bertz CT molecular complexity index is 1200. The van der Waals surface area contributed by atoms with Crippen LogP contribution in [0.4, 0.5) is 0 Å². The Morgan fingerprint density at radius 2 is 1.52 bits per heavy atom. The molecular formula is C24H20N2O5. The maximum atomic E-state index is 12.7. The largest absolute Gasteiger partial charge is 0.481 e. The number of para-hydroxylation sites is 1. The first-order chi connectivity index (χ1) is 15.2. The molecule has 0 saturated carbocycles. The van der Waals surface area contributed by atoms with Gasteiger partial charge in [-0.3, -0.25) is 0 Å². The number of benzene rings is 3. The molecule has 3 aromatic carbocycles. The number of rotatable bonds is 7. The van der Waals surface area contributed by atoms with E-state index in [0.29, 0.717) is 28.6 Å². The SMILES string of the molecule is COc1cc(OC)nc(Oc2ccccc2COC(=O)c2cccc3ccccc23)n1. The first-order valence-electron chi connectivity index (χ1n) is 9.55. The predicted octanol–water partition coefficient (Wildman–Crippen LogP) is 4.80. The number of carbonyl (C=O) groups is 1. The van der Waals surface area contributed by atoms with Crippen molar-refractivity contribution < 1.29 is 23.7 Å². The highest BCUT2D eigenvalue weighted by Crippen LogP contribution is 2.27. The minimum Gasteiger partial charge on any atom is -0.481 e. The fourth-order valence-electron chi connectivity index (χ4n) is 3.08. The summed E-state index contributed by atoms with van der Waals surface area (Å²) in [4.78, 5) is 21.1. The zero-order chi connectivity index (χ0) is 21.6. The van der Waals surface area contributed by atoms with E-state index in [4.69, 9.17) is 18.9 Å². The fourth-order valence-corrected chi connectivity index (χ4v) is 3.08. The number of hydrogen-bond donors (Lipinski definition) is 0. The van der Waals surface area contributed by atoms with Gasteiger partial charge in [0.2, 0.25) is 11.8 Å². The van der Waals surface area contributed by atoms with Crippen LogP contribution in [-0.4, -0.2) is 30.2 Å². The number of fused-ring (bicyclic) bond motifs is 1. The Balaban J connectivity index is 1.54. The molecular weight excluding hydrogens is 396 g/mol. The molecule has 0 saturated heterocycles. The lowest BCUT2D eigenvalue weighted by Gasteiger charge is -2.12. The van der Waals surface area contributed by atoms with Gasteiger partial charge in [0.25, 0.3) is 0 Å². The maximum Gasteiger partial charge on any atom is 0.339 e. The molecule has 0 amide bonds. The van der Waals surface area contributed by atoms with Crippen LogP contribution in [0.5, 0.6) is 23.5 Å². The Hall–Kier alpha value is -4.13. The second-order valence-corrected chi connectivity index (χ2v) is 6.55. The molecule has 0 aliphatic heterocycles. The molecule has 31 heavy (non-hydrogen) atoms. The first kappa shape index (κ1) is 20.2. The molecule has 156 valence electrons. The van der Waals surface area contributed by atoms with Crippen molar-refractivity contribution in [2.24, 2.45) is 0 Å². The summed E-state index contributed by atoms with van der Waals surface area (Å²) in [5, 5.41) is 1.82. The van der Waals surface area contributed by atoms with Gasteiger partial charge in [-0.25, -0.2) is 4.79 Å². The normalized spacial score (nSPS) is 10.5. The lowest BCUT2D eigenvalue weighted by atomic mass is 10.0. The minimum absolute atomic E-state index is 0.0271. The van der Waals surface area contributed by atoms with Crippen LogP contribution in [0.2, 0.25) is 0 Å². The van der Waals surface area contributed by atoms with E-state index in [1.165, 1.54) is 14.2 Å². The van der Waals surface area contributed by atoms with Gasteiger partial charge in [-0.15, -0.1) is 0 Å². The summed E-state index contributed by atoms with van der Waals surface area (Å²) in [5.74, 6) is 0.665. The molecule has 0 spiro atoms. The zero-order valence-corrected chi connectivity index (χ0v) is 17.1. The Kier molecular flexibility index (Phi) is 5.93. The van der Waals surface area contributed by atoms with Gasteiger partial charge in [-0.05, 0) is 22.9 Å². The van der Waals surface area contributed by atoms with E-state index >= 15 is 0 Å². The molecule has 0 aliphatic carbocycles. The maximum absolute atomic E-state index is 12.7. The number of methoxy groups -OCH3 is 2. The topological polar surface area (TPSA) is 79.8 Å². The molecule has 4 aromatic rings. The van der Waals surface area contributed by atoms with Gasteiger partial charge in [-0.2, -0.15) is 9.97 Å². The molecule has 0 atom stereocenters. The average molecular weight is 416 g/mol. The molecule has 0 bridgehead atoms. The van der Waals surface area contributed by atoms with Gasteiger partial charge < -0.3 is 18.9 Å². The number of ether oxygens (including phenoxy) is 4. The van der Waals surface area contributed by atoms with E-state index < -0.39 is 5.97 Å². The van der Waals surface area contributed by atoms with E-state index in [1.54, 1.807) is 18.2 Å². The highest BCUT2D eigenvalue weighted by molar-refractivity contribution is 6.04. The third-order valence-corrected chi connectivity index (χ3v) is 4.62. The van der Waals surface area contributed by atoms with E-state index in [-0.39, 0.29) is 12.6 Å². The molecule has 0 aliphatic rings. The Morgan fingerprint density at radius 1 is 0.839 bits per heavy atom. The molecule has 0 fully saturated rings. The molecule has 1 aromatic heterocycles. The third kappa shape index (κ3) is 4.56. The standard InChI is InChI=1S/C24H20N2O5/c1-28-21-14-22(29-2)26-24(25-21)31-20-13-6-4-9-17(20)15-30-23(27)19-12-7-10-16-8-3-5-11-18(16)19/h3-14H,15H2,1-2H3. The van der Waals surface area contributed by atoms with Crippen LogP contribution in [0.3, 0.4) is 0 Å². The average Bonchev–Trinajstić information content (AvgIpc) is 2.82. The number of carbonyl (C=O) groups excluding carboxylic acids is 1. The van der Waals surface area contributed by atoms with Crippen LogP contribution in [0.25, 0.3) is 10.8 Å². The van der Waals surface area contributed by atoms with E-state index in [1.807, 2.05) is 54.6 Å². The smallest absolute Gasteiger partial charge is 0.339 e. The van der Waals surface area contributed by atoms with Crippen molar-refractivity contribution in [1.29, 1.82) is 0 Å². The molecule has 1 heterocycles. The molecule has 0 N–H and O–H groups in total. The Morgan fingerprint density at radius 3 is 2.29 bits per heavy atom. The highest BCUT2D eigenvalue weighted by Gasteiger charge is 2.14. The molecule has 7 nitrogen and oxygen atoms in total. The molecule has 4 rings (SSSR count). The van der Waals surface area contributed by atoms with Crippen molar-refractivity contribution in [3.05, 3.63) is 83.9 Å². The van der Waals surface area contributed by atoms with Crippen molar-refractivity contribution in [2.45, 2.75) is 6.61 Å². The quantitative estimate of drug-likeness (QED) is 0.401. The summed E-state index contributed by atoms with van der Waals surface area (Å²) in [7, 11) is 2.98. The van der Waals surface area contributed by atoms with Crippen LogP contribution in [0, 0.1) is 0 Å². The van der Waals surface area contributed by atoms with Crippen molar-refractivity contribution in [1.82, 2.24) is 9.97 Å². The summed E-state index contributed by atoms with van der Waals surface area (Å²) in [5.41, 5.74) is 1.18. The number of hydrogen-bond acceptors (Lipinski definition) is 7. The van der Waals surface area contributed by atoms with E-state index in [0.717, 1.165) is 10.8 Å². The second-order valence-electron chi connectivity index (χ2n) is 6.55. The molecule has 7 heteroatoms. The first-order valence-corrected chi connectivity index (χ1v) is 9.55. The van der Waals surface area contributed by atoms with Gasteiger partial charge in [0.05, 0.1) is 25.8 Å². The van der Waals surface area contributed by atoms with Crippen LogP contribution in [-0.2, 0) is 11.3 Å². The molecule has 0 unspecified atom stereocenters. The van der Waals surface area contributed by atoms with Gasteiger partial charge >= 0.3 is 12.0 Å². The summed E-state index contributed by atoms with van der Waals surface area (Å²) >= 11 is 0. The van der Waals surface area contributed by atoms with E-state index in [2.05, 4.69) is 9.97 Å². The number of nitrogens with zero attached hydrogens (tertiary/aromatic N) is 2. The van der Waals surface area contributed by atoms with Crippen LogP contribution in [0.1, 0.15) is 15.9 Å². The van der Waals surface area contributed by atoms with Crippen molar-refractivity contribution >= 4 is 16.7 Å². The van der Waals surface area contributed by atoms with E-state index in [9.17, 15) is 4.79 Å². The van der Waals surface area contributed by atoms with Gasteiger partial charge in [0.15, 0.2) is 0 Å². The zero-order valence-electron chi connectivity index (χ0n) is 17.1. The highest BCUT2D eigenvalue weighted by atomic mass is 16.5. The van der Waals surface area contributed by atoms with Crippen molar-refractivity contribution in [3.8, 4) is 23.5 Å². The minimum atomic E-state index is -0.411. The fraction of sp³-hybridized carbons (Fsp3) is 0.125. The summed E-state index contributed by atoms with van der Waals surface area (Å²) in [6, 6.07) is 22.0. The van der Waals surface area contributed by atoms with Gasteiger partial charge in [-0.1, -0.05) is 54.6 Å². The van der Waals surface area contributed by atoms with Crippen molar-refractivity contribution in [3.63, 3.8) is 0 Å². The third-order valence-electron chi connectivity index (χ3n) is 4.62. The van der Waals surface area contributed by atoms with Gasteiger partial charge in [0.1, 0.15) is 12.4 Å². The number of aromatic nitrogens is 2. The van der Waals surface area contributed by atoms with Crippen LogP contribution < -0.4 is 14.2 Å². The molecule has 0 radical (unpaired) electrons.